The van der Waals surface area contributed by atoms with Crippen LogP contribution in [0.1, 0.15) is 34.1 Å². The van der Waals surface area contributed by atoms with Gasteiger partial charge in [-0.15, -0.1) is 0 Å². The van der Waals surface area contributed by atoms with E-state index in [2.05, 4.69) is 37.5 Å². The number of rotatable bonds is 2. The first-order valence-corrected chi connectivity index (χ1v) is 6.54. The van der Waals surface area contributed by atoms with E-state index in [4.69, 9.17) is 0 Å². The quantitative estimate of drug-likeness (QED) is 0.688. The molecular weight excluding hydrogens is 184 g/mol. The first-order chi connectivity index (χ1) is 7.07. The van der Waals surface area contributed by atoms with Gasteiger partial charge in [-0.3, -0.25) is 4.90 Å². The Kier molecular flexibility index (Phi) is 3.09. The average molecular weight is 210 g/mol. The third kappa shape index (κ3) is 1.94. The molecule has 0 aromatic rings. The second-order valence-corrected chi connectivity index (χ2v) is 5.91. The number of hydrogen-bond donors (Lipinski definition) is 0. The fourth-order valence-electron chi connectivity index (χ4n) is 3.18. The van der Waals surface area contributed by atoms with Crippen LogP contribution in [0.4, 0.5) is 0 Å². The van der Waals surface area contributed by atoms with E-state index in [1.165, 1.54) is 39.1 Å². The van der Waals surface area contributed by atoms with Gasteiger partial charge in [0.15, 0.2) is 0 Å². The Balaban J connectivity index is 1.90. The van der Waals surface area contributed by atoms with Crippen molar-refractivity contribution in [2.75, 3.05) is 32.7 Å². The van der Waals surface area contributed by atoms with Crippen LogP contribution >= 0.6 is 0 Å². The molecule has 0 amide bonds. The van der Waals surface area contributed by atoms with Crippen molar-refractivity contribution in [1.82, 2.24) is 9.80 Å². The zero-order chi connectivity index (χ0) is 11.1. The van der Waals surface area contributed by atoms with Crippen molar-refractivity contribution in [3.8, 4) is 0 Å². The molecule has 0 aromatic heterocycles. The number of likely N-dealkylation sites (tertiary alicyclic amines) is 2. The van der Waals surface area contributed by atoms with Crippen molar-refractivity contribution in [1.29, 1.82) is 0 Å². The van der Waals surface area contributed by atoms with Crippen LogP contribution in [0.3, 0.4) is 0 Å². The van der Waals surface area contributed by atoms with Crippen LogP contribution in [0.2, 0.25) is 0 Å². The summed E-state index contributed by atoms with van der Waals surface area (Å²) in [5.74, 6) is 0.890. The van der Waals surface area contributed by atoms with E-state index in [0.717, 1.165) is 12.0 Å². The smallest absolute Gasteiger partial charge is 0.00567 e. The van der Waals surface area contributed by atoms with E-state index in [1.54, 1.807) is 0 Å². The molecule has 0 N–H and O–H groups in total. The van der Waals surface area contributed by atoms with E-state index in [9.17, 15) is 0 Å². The van der Waals surface area contributed by atoms with Crippen molar-refractivity contribution in [2.24, 2.45) is 11.3 Å². The Morgan fingerprint density at radius 2 is 2.00 bits per heavy atom. The first kappa shape index (κ1) is 11.4. The van der Waals surface area contributed by atoms with Crippen molar-refractivity contribution >= 4 is 0 Å². The van der Waals surface area contributed by atoms with Crippen molar-refractivity contribution < 1.29 is 0 Å². The van der Waals surface area contributed by atoms with Crippen LogP contribution < -0.4 is 0 Å². The highest BCUT2D eigenvalue weighted by Gasteiger charge is 2.49. The molecule has 0 aliphatic carbocycles. The topological polar surface area (TPSA) is 6.48 Å². The van der Waals surface area contributed by atoms with Crippen molar-refractivity contribution in [3.05, 3.63) is 0 Å². The fraction of sp³-hybridized carbons (Fsp3) is 1.00. The standard InChI is InChI=1S/C13H26N2/c1-5-14-7-6-13(12(4)8-14)9-15(10-13)11(2)3/h11-12H,5-10H2,1-4H3. The molecule has 0 radical (unpaired) electrons. The predicted octanol–water partition coefficient (Wildman–Crippen LogP) is 2.06. The predicted molar refractivity (Wildman–Crippen MR) is 65.0 cm³/mol. The molecule has 2 heterocycles. The zero-order valence-corrected chi connectivity index (χ0v) is 10.8. The van der Waals surface area contributed by atoms with Gasteiger partial charge in [-0.05, 0) is 39.3 Å². The molecule has 88 valence electrons. The number of piperidine rings is 1. The molecule has 1 unspecified atom stereocenters. The monoisotopic (exact) mass is 210 g/mol. The van der Waals surface area contributed by atoms with Crippen LogP contribution in [0.25, 0.3) is 0 Å². The molecule has 2 fully saturated rings. The van der Waals surface area contributed by atoms with Gasteiger partial charge < -0.3 is 4.90 Å². The maximum atomic E-state index is 2.62. The molecule has 0 aromatic carbocycles. The van der Waals surface area contributed by atoms with Gasteiger partial charge in [-0.1, -0.05) is 13.8 Å². The molecule has 1 spiro atoms. The van der Waals surface area contributed by atoms with Gasteiger partial charge in [-0.25, -0.2) is 0 Å². The number of hydrogen-bond acceptors (Lipinski definition) is 2. The lowest BCUT2D eigenvalue weighted by Gasteiger charge is -2.59. The molecule has 2 saturated heterocycles. The fourth-order valence-corrected chi connectivity index (χ4v) is 3.18. The van der Waals surface area contributed by atoms with Crippen molar-refractivity contribution in [2.45, 2.75) is 40.2 Å². The summed E-state index contributed by atoms with van der Waals surface area (Å²) < 4.78 is 0. The summed E-state index contributed by atoms with van der Waals surface area (Å²) in [5, 5.41) is 0. The lowest BCUT2D eigenvalue weighted by molar-refractivity contribution is -0.0970. The molecule has 2 aliphatic heterocycles. The Bertz CT molecular complexity index is 219. The van der Waals surface area contributed by atoms with Crippen LogP contribution in [-0.4, -0.2) is 48.6 Å². The molecule has 1 atom stereocenters. The second-order valence-electron chi connectivity index (χ2n) is 5.91. The van der Waals surface area contributed by atoms with Gasteiger partial charge >= 0.3 is 0 Å². The molecule has 2 nitrogen and oxygen atoms in total. The highest BCUT2D eigenvalue weighted by molar-refractivity contribution is 5.02. The third-order valence-corrected chi connectivity index (χ3v) is 4.72. The first-order valence-electron chi connectivity index (χ1n) is 6.54. The minimum atomic E-state index is 0.677. The maximum Gasteiger partial charge on any atom is 0.00567 e. The largest absolute Gasteiger partial charge is 0.303 e. The average Bonchev–Trinajstić information content (AvgIpc) is 2.14. The van der Waals surface area contributed by atoms with Crippen LogP contribution in [0.15, 0.2) is 0 Å². The van der Waals surface area contributed by atoms with Crippen LogP contribution in [0.5, 0.6) is 0 Å². The normalized spacial score (nSPS) is 32.2. The summed E-state index contributed by atoms with van der Waals surface area (Å²) in [6, 6.07) is 0.743. The Hall–Kier alpha value is -0.0800. The van der Waals surface area contributed by atoms with Gasteiger partial charge in [0.2, 0.25) is 0 Å². The summed E-state index contributed by atoms with van der Waals surface area (Å²) in [4.78, 5) is 5.23. The lowest BCUT2D eigenvalue weighted by atomic mass is 9.65. The lowest BCUT2D eigenvalue weighted by Crippen LogP contribution is -2.65. The molecule has 0 bridgehead atoms. The SMILES string of the molecule is CCN1CCC2(CN(C(C)C)C2)C(C)C1. The van der Waals surface area contributed by atoms with Gasteiger partial charge in [0.05, 0.1) is 0 Å². The van der Waals surface area contributed by atoms with E-state index in [-0.39, 0.29) is 0 Å². The second kappa shape index (κ2) is 4.06. The summed E-state index contributed by atoms with van der Waals surface area (Å²) >= 11 is 0. The Labute approximate surface area is 94.6 Å². The van der Waals surface area contributed by atoms with E-state index < -0.39 is 0 Å². The summed E-state index contributed by atoms with van der Waals surface area (Å²) in [7, 11) is 0. The van der Waals surface area contributed by atoms with Crippen molar-refractivity contribution in [3.63, 3.8) is 0 Å². The van der Waals surface area contributed by atoms with Gasteiger partial charge in [0.1, 0.15) is 0 Å². The van der Waals surface area contributed by atoms with E-state index in [0.29, 0.717) is 5.41 Å². The minimum Gasteiger partial charge on any atom is -0.303 e. The highest BCUT2D eigenvalue weighted by Crippen LogP contribution is 2.44. The third-order valence-electron chi connectivity index (χ3n) is 4.72. The summed E-state index contributed by atoms with van der Waals surface area (Å²) in [5.41, 5.74) is 0.677. The van der Waals surface area contributed by atoms with Gasteiger partial charge in [0.25, 0.3) is 0 Å². The molecule has 15 heavy (non-hydrogen) atoms. The van der Waals surface area contributed by atoms with Gasteiger partial charge in [0, 0.05) is 31.1 Å². The van der Waals surface area contributed by atoms with Crippen LogP contribution in [-0.2, 0) is 0 Å². The summed E-state index contributed by atoms with van der Waals surface area (Å²) in [6.07, 6.45) is 1.42. The zero-order valence-electron chi connectivity index (χ0n) is 10.8. The Morgan fingerprint density at radius 1 is 1.33 bits per heavy atom. The van der Waals surface area contributed by atoms with Crippen LogP contribution in [0, 0.1) is 11.3 Å². The summed E-state index contributed by atoms with van der Waals surface area (Å²) in [6.45, 7) is 16.0. The van der Waals surface area contributed by atoms with Gasteiger partial charge in [-0.2, -0.15) is 0 Å². The van der Waals surface area contributed by atoms with E-state index in [1.807, 2.05) is 0 Å². The molecule has 2 aliphatic rings. The molecular formula is C13H26N2. The molecule has 0 saturated carbocycles. The number of nitrogens with zero attached hydrogens (tertiary/aromatic N) is 2. The Morgan fingerprint density at radius 3 is 2.47 bits per heavy atom. The highest BCUT2D eigenvalue weighted by atomic mass is 15.2. The van der Waals surface area contributed by atoms with E-state index >= 15 is 0 Å². The molecule has 2 heteroatoms. The molecule has 2 rings (SSSR count). The maximum absolute atomic E-state index is 2.62. The minimum absolute atomic E-state index is 0.677.